The minimum Gasteiger partial charge on any atom is -0.376 e. The molecule has 1 N–H and O–H groups in total. The molecule has 6 heteroatoms. The van der Waals surface area contributed by atoms with E-state index in [1.54, 1.807) is 12.1 Å². The van der Waals surface area contributed by atoms with Crippen molar-refractivity contribution in [1.82, 2.24) is 0 Å². The molecule has 1 aliphatic carbocycles. The summed E-state index contributed by atoms with van der Waals surface area (Å²) >= 11 is 31.8. The number of nitrogens with one attached hydrogen (secondary N) is 1. The maximum Gasteiger partial charge on any atom is 0.0656 e. The van der Waals surface area contributed by atoms with E-state index in [-0.39, 0.29) is 17.9 Å². The van der Waals surface area contributed by atoms with Gasteiger partial charge in [-0.1, -0.05) is 82.3 Å². The second-order valence-electron chi connectivity index (χ2n) is 6.06. The topological polar surface area (TPSA) is 12.0 Å². The molecular weight excluding hydrogens is 407 g/mol. The molecule has 0 saturated carbocycles. The highest BCUT2D eigenvalue weighted by Crippen LogP contribution is 2.55. The van der Waals surface area contributed by atoms with Gasteiger partial charge in [-0.2, -0.15) is 0 Å². The van der Waals surface area contributed by atoms with Crippen LogP contribution in [-0.2, 0) is 0 Å². The molecule has 0 bridgehead atoms. The van der Waals surface area contributed by atoms with Crippen molar-refractivity contribution in [2.45, 2.75) is 18.4 Å². The molecule has 1 aliphatic heterocycles. The van der Waals surface area contributed by atoms with Crippen LogP contribution in [0.5, 0.6) is 0 Å². The van der Waals surface area contributed by atoms with Crippen molar-refractivity contribution < 1.29 is 0 Å². The molecule has 24 heavy (non-hydrogen) atoms. The zero-order chi connectivity index (χ0) is 17.0. The highest BCUT2D eigenvalue weighted by Gasteiger charge is 2.41. The third-order valence-electron chi connectivity index (χ3n) is 4.80. The zero-order valence-corrected chi connectivity index (χ0v) is 16.1. The van der Waals surface area contributed by atoms with Gasteiger partial charge in [0.25, 0.3) is 0 Å². The third-order valence-corrected chi connectivity index (χ3v) is 6.73. The van der Waals surface area contributed by atoms with Gasteiger partial charge in [-0.25, -0.2) is 0 Å². The fourth-order valence-corrected chi connectivity index (χ4v) is 4.96. The van der Waals surface area contributed by atoms with E-state index < -0.39 is 0 Å². The first-order chi connectivity index (χ1) is 11.5. The number of rotatable bonds is 1. The van der Waals surface area contributed by atoms with Gasteiger partial charge in [0, 0.05) is 11.5 Å². The summed E-state index contributed by atoms with van der Waals surface area (Å²) in [6, 6.07) is 7.37. The maximum absolute atomic E-state index is 6.49. The van der Waals surface area contributed by atoms with Gasteiger partial charge in [0.1, 0.15) is 0 Å². The average molecular weight is 420 g/mol. The van der Waals surface area contributed by atoms with Crippen molar-refractivity contribution in [3.63, 3.8) is 0 Å². The van der Waals surface area contributed by atoms with Crippen molar-refractivity contribution in [1.29, 1.82) is 0 Å². The quantitative estimate of drug-likeness (QED) is 0.367. The lowest BCUT2D eigenvalue weighted by molar-refractivity contribution is 0.426. The Hall–Kier alpha value is -0.570. The van der Waals surface area contributed by atoms with Crippen LogP contribution in [0.2, 0.25) is 25.1 Å². The van der Waals surface area contributed by atoms with Crippen LogP contribution in [0.25, 0.3) is 0 Å². The van der Waals surface area contributed by atoms with Crippen LogP contribution in [-0.4, -0.2) is 0 Å². The Balaban J connectivity index is 1.90. The van der Waals surface area contributed by atoms with Crippen molar-refractivity contribution in [3.05, 3.63) is 72.7 Å². The maximum atomic E-state index is 6.49. The minimum atomic E-state index is -0.00144. The van der Waals surface area contributed by atoms with Gasteiger partial charge in [-0.05, 0) is 30.0 Å². The second kappa shape index (κ2) is 6.30. The van der Waals surface area contributed by atoms with Gasteiger partial charge in [-0.3, -0.25) is 0 Å². The van der Waals surface area contributed by atoms with Crippen molar-refractivity contribution in [3.8, 4) is 0 Å². The van der Waals surface area contributed by atoms with Gasteiger partial charge in [0.2, 0.25) is 0 Å². The van der Waals surface area contributed by atoms with Crippen LogP contribution in [0, 0.1) is 5.92 Å². The molecule has 2 aliphatic rings. The Morgan fingerprint density at radius 3 is 2.50 bits per heavy atom. The summed E-state index contributed by atoms with van der Waals surface area (Å²) in [6.45, 7) is 0. The summed E-state index contributed by atoms with van der Waals surface area (Å²) < 4.78 is 0. The largest absolute Gasteiger partial charge is 0.376 e. The zero-order valence-electron chi connectivity index (χ0n) is 12.3. The van der Waals surface area contributed by atoms with E-state index in [4.69, 9.17) is 58.0 Å². The predicted octanol–water partition coefficient (Wildman–Crippen LogP) is 7.78. The summed E-state index contributed by atoms with van der Waals surface area (Å²) in [5.41, 5.74) is 2.75. The summed E-state index contributed by atoms with van der Waals surface area (Å²) in [5.74, 6) is 0.422. The lowest BCUT2D eigenvalue weighted by atomic mass is 9.77. The molecule has 3 atom stereocenters. The van der Waals surface area contributed by atoms with E-state index in [2.05, 4.69) is 17.5 Å². The monoisotopic (exact) mass is 417 g/mol. The number of fused-ring (bicyclic) bond motifs is 3. The molecule has 4 rings (SSSR count). The lowest BCUT2D eigenvalue weighted by Gasteiger charge is -2.39. The van der Waals surface area contributed by atoms with Crippen molar-refractivity contribution >= 4 is 63.7 Å². The van der Waals surface area contributed by atoms with Gasteiger partial charge in [-0.15, -0.1) is 0 Å². The molecule has 0 spiro atoms. The Kier molecular flexibility index (Phi) is 4.43. The molecule has 0 fully saturated rings. The van der Waals surface area contributed by atoms with Crippen LogP contribution < -0.4 is 5.32 Å². The highest BCUT2D eigenvalue weighted by molar-refractivity contribution is 6.45. The molecule has 0 aromatic heterocycles. The van der Waals surface area contributed by atoms with Gasteiger partial charge < -0.3 is 5.32 Å². The van der Waals surface area contributed by atoms with Gasteiger partial charge >= 0.3 is 0 Å². The molecule has 0 radical (unpaired) electrons. The average Bonchev–Trinajstić information content (AvgIpc) is 3.04. The molecule has 124 valence electrons. The van der Waals surface area contributed by atoms with E-state index >= 15 is 0 Å². The molecule has 2 aromatic carbocycles. The van der Waals surface area contributed by atoms with Crippen LogP contribution in [0.1, 0.15) is 29.5 Å². The fraction of sp³-hybridized carbons (Fsp3) is 0.222. The fourth-order valence-electron chi connectivity index (χ4n) is 3.73. The first kappa shape index (κ1) is 16.9. The van der Waals surface area contributed by atoms with Gasteiger partial charge in [0.15, 0.2) is 0 Å². The van der Waals surface area contributed by atoms with Crippen LogP contribution >= 0.6 is 58.0 Å². The van der Waals surface area contributed by atoms with Crippen molar-refractivity contribution in [2.75, 3.05) is 5.32 Å². The van der Waals surface area contributed by atoms with Crippen molar-refractivity contribution in [2.24, 2.45) is 5.92 Å². The summed E-state index contributed by atoms with van der Waals surface area (Å²) in [5, 5.41) is 6.23. The molecule has 1 nitrogen and oxygen atoms in total. The molecule has 1 heterocycles. The van der Waals surface area contributed by atoms with Crippen LogP contribution in [0.3, 0.4) is 0 Å². The third kappa shape index (κ3) is 2.53. The smallest absolute Gasteiger partial charge is 0.0656 e. The first-order valence-electron chi connectivity index (χ1n) is 7.53. The number of hydrogen-bond donors (Lipinski definition) is 1. The molecule has 2 aromatic rings. The van der Waals surface area contributed by atoms with E-state index in [9.17, 15) is 0 Å². The molecule has 0 amide bonds. The first-order valence-corrected chi connectivity index (χ1v) is 9.42. The van der Waals surface area contributed by atoms with E-state index in [0.717, 1.165) is 23.2 Å². The van der Waals surface area contributed by atoms with Gasteiger partial charge in [0.05, 0.1) is 36.8 Å². The summed E-state index contributed by atoms with van der Waals surface area (Å²) in [4.78, 5) is 0. The standard InChI is InChI=1S/C18H12Cl5N/c19-11-6-2-5-10(15(11)22)17-9-4-1-3-8(9)14-16(23)12(20)7-13(21)18(14)24-17/h1-3,5-9,17,24H,4H2/t8-,9-,17+/m0/s1. The number of anilines is 1. The highest BCUT2D eigenvalue weighted by atomic mass is 35.5. The number of hydrogen-bond acceptors (Lipinski definition) is 1. The number of benzene rings is 2. The van der Waals surface area contributed by atoms with E-state index in [0.29, 0.717) is 25.1 Å². The number of halogens is 5. The van der Waals surface area contributed by atoms with E-state index in [1.807, 2.05) is 12.1 Å². The lowest BCUT2D eigenvalue weighted by Crippen LogP contribution is -2.29. The van der Waals surface area contributed by atoms with Crippen LogP contribution in [0.4, 0.5) is 5.69 Å². The van der Waals surface area contributed by atoms with Crippen LogP contribution in [0.15, 0.2) is 36.4 Å². The Bertz CT molecular complexity index is 861. The molecule has 0 unspecified atom stereocenters. The predicted molar refractivity (Wildman–Crippen MR) is 104 cm³/mol. The van der Waals surface area contributed by atoms with E-state index in [1.165, 1.54) is 0 Å². The SMILES string of the molecule is Clc1cccc([C@@H]2Nc3c(Cl)cc(Cl)c(Cl)c3[C@H]3C=CC[C@@H]32)c1Cl. The summed E-state index contributed by atoms with van der Waals surface area (Å²) in [7, 11) is 0. The Labute approximate surface area is 165 Å². The minimum absolute atomic E-state index is 0.00144. The molecular formula is C18H12Cl5N. The normalized spacial score (nSPS) is 24.5. The summed E-state index contributed by atoms with van der Waals surface area (Å²) in [6.07, 6.45) is 5.27. The number of allylic oxidation sites excluding steroid dienone is 2. The second-order valence-corrected chi connectivity index (χ2v) is 8.04. The Morgan fingerprint density at radius 1 is 0.917 bits per heavy atom. The Morgan fingerprint density at radius 2 is 1.71 bits per heavy atom. The molecule has 0 saturated heterocycles.